The quantitative estimate of drug-likeness (QED) is 0.570. The zero-order valence-electron chi connectivity index (χ0n) is 6.23. The summed E-state index contributed by atoms with van der Waals surface area (Å²) in [7, 11) is 1.64. The first-order chi connectivity index (χ1) is 4.74. The van der Waals surface area contributed by atoms with Gasteiger partial charge in [-0.25, -0.2) is 0 Å². The van der Waals surface area contributed by atoms with Crippen LogP contribution in [-0.2, 0) is 4.74 Å². The summed E-state index contributed by atoms with van der Waals surface area (Å²) in [4.78, 5) is 0. The SMILES string of the molecule is COC1=CCC(C)C=C1Cl. The first-order valence-electron chi connectivity index (χ1n) is 3.36. The summed E-state index contributed by atoms with van der Waals surface area (Å²) < 4.78 is 5.01. The largest absolute Gasteiger partial charge is 0.496 e. The van der Waals surface area contributed by atoms with Gasteiger partial charge in [0, 0.05) is 0 Å². The number of methoxy groups -OCH3 is 1. The molecule has 0 saturated heterocycles. The lowest BCUT2D eigenvalue weighted by atomic mass is 10.0. The molecule has 0 bridgehead atoms. The standard InChI is InChI=1S/C8H11ClO/c1-6-3-4-8(10-2)7(9)5-6/h4-6H,3H2,1-2H3. The van der Waals surface area contributed by atoms with Crippen LogP contribution in [0.1, 0.15) is 13.3 Å². The second-order valence-corrected chi connectivity index (χ2v) is 2.91. The van der Waals surface area contributed by atoms with Crippen molar-refractivity contribution in [2.24, 2.45) is 5.92 Å². The van der Waals surface area contributed by atoms with Crippen LogP contribution in [0, 0.1) is 5.92 Å². The molecule has 0 radical (unpaired) electrons. The molecule has 2 heteroatoms. The minimum atomic E-state index is 0.548. The van der Waals surface area contributed by atoms with Gasteiger partial charge < -0.3 is 4.74 Å². The fourth-order valence-corrected chi connectivity index (χ4v) is 1.34. The summed E-state index contributed by atoms with van der Waals surface area (Å²) in [6.45, 7) is 2.13. The molecule has 0 saturated carbocycles. The Bertz CT molecular complexity index is 182. The van der Waals surface area contributed by atoms with Gasteiger partial charge in [0.15, 0.2) is 0 Å². The highest BCUT2D eigenvalue weighted by Gasteiger charge is 2.10. The van der Waals surface area contributed by atoms with Gasteiger partial charge in [0.25, 0.3) is 0 Å². The van der Waals surface area contributed by atoms with Gasteiger partial charge in [-0.15, -0.1) is 0 Å². The molecule has 1 aliphatic rings. The highest BCUT2D eigenvalue weighted by atomic mass is 35.5. The van der Waals surface area contributed by atoms with E-state index in [1.54, 1.807) is 7.11 Å². The Morgan fingerprint density at radius 2 is 2.40 bits per heavy atom. The summed E-state index contributed by atoms with van der Waals surface area (Å²) in [5.74, 6) is 1.35. The normalized spacial score (nSPS) is 25.3. The maximum atomic E-state index is 5.85. The van der Waals surface area contributed by atoms with Crippen LogP contribution in [0.5, 0.6) is 0 Å². The van der Waals surface area contributed by atoms with E-state index in [0.717, 1.165) is 17.2 Å². The summed E-state index contributed by atoms with van der Waals surface area (Å²) >= 11 is 5.85. The van der Waals surface area contributed by atoms with E-state index in [9.17, 15) is 0 Å². The van der Waals surface area contributed by atoms with E-state index in [1.165, 1.54) is 0 Å². The van der Waals surface area contributed by atoms with Gasteiger partial charge in [-0.3, -0.25) is 0 Å². The van der Waals surface area contributed by atoms with Crippen molar-refractivity contribution in [3.8, 4) is 0 Å². The van der Waals surface area contributed by atoms with E-state index in [2.05, 4.69) is 6.92 Å². The van der Waals surface area contributed by atoms with E-state index in [-0.39, 0.29) is 0 Å². The Balaban J connectivity index is 2.71. The number of ether oxygens (including phenoxy) is 1. The molecule has 1 nitrogen and oxygen atoms in total. The van der Waals surface area contributed by atoms with Gasteiger partial charge in [-0.05, 0) is 18.4 Å². The van der Waals surface area contributed by atoms with Crippen molar-refractivity contribution < 1.29 is 4.74 Å². The van der Waals surface area contributed by atoms with Crippen LogP contribution in [-0.4, -0.2) is 7.11 Å². The molecule has 56 valence electrons. The van der Waals surface area contributed by atoms with Gasteiger partial charge in [-0.1, -0.05) is 24.6 Å². The molecular formula is C8H11ClO. The molecule has 0 aromatic rings. The number of allylic oxidation sites excluding steroid dienone is 3. The Morgan fingerprint density at radius 1 is 1.70 bits per heavy atom. The highest BCUT2D eigenvalue weighted by molar-refractivity contribution is 6.31. The van der Waals surface area contributed by atoms with Gasteiger partial charge in [-0.2, -0.15) is 0 Å². The second-order valence-electron chi connectivity index (χ2n) is 2.50. The van der Waals surface area contributed by atoms with Gasteiger partial charge >= 0.3 is 0 Å². The van der Waals surface area contributed by atoms with Crippen LogP contribution in [0.2, 0.25) is 0 Å². The highest BCUT2D eigenvalue weighted by Crippen LogP contribution is 2.25. The first kappa shape index (κ1) is 7.67. The molecule has 10 heavy (non-hydrogen) atoms. The number of hydrogen-bond acceptors (Lipinski definition) is 1. The van der Waals surface area contributed by atoms with Gasteiger partial charge in [0.2, 0.25) is 0 Å². The Kier molecular flexibility index (Phi) is 2.39. The van der Waals surface area contributed by atoms with Crippen LogP contribution in [0.4, 0.5) is 0 Å². The van der Waals surface area contributed by atoms with Crippen LogP contribution < -0.4 is 0 Å². The minimum absolute atomic E-state index is 0.548. The van der Waals surface area contributed by atoms with Gasteiger partial charge in [0.1, 0.15) is 5.76 Å². The predicted octanol–water partition coefficient (Wildman–Crippen LogP) is 2.68. The molecule has 0 amide bonds. The van der Waals surface area contributed by atoms with Crippen molar-refractivity contribution in [3.05, 3.63) is 22.9 Å². The third-order valence-corrected chi connectivity index (χ3v) is 1.87. The molecule has 0 aromatic heterocycles. The summed E-state index contributed by atoms with van der Waals surface area (Å²) in [6, 6.07) is 0. The molecule has 1 unspecified atom stereocenters. The first-order valence-corrected chi connectivity index (χ1v) is 3.73. The van der Waals surface area contributed by atoms with E-state index in [1.807, 2.05) is 12.2 Å². The monoisotopic (exact) mass is 158 g/mol. The molecule has 0 aromatic carbocycles. The molecule has 0 fully saturated rings. The van der Waals surface area contributed by atoms with Crippen molar-refractivity contribution in [2.45, 2.75) is 13.3 Å². The van der Waals surface area contributed by atoms with Crippen LogP contribution in [0.25, 0.3) is 0 Å². The average Bonchev–Trinajstić information content (AvgIpc) is 1.88. The lowest BCUT2D eigenvalue weighted by Crippen LogP contribution is -1.98. The van der Waals surface area contributed by atoms with Crippen LogP contribution in [0.15, 0.2) is 22.9 Å². The zero-order chi connectivity index (χ0) is 7.56. The zero-order valence-corrected chi connectivity index (χ0v) is 6.98. The molecule has 0 aliphatic heterocycles. The molecule has 0 spiro atoms. The van der Waals surface area contributed by atoms with Gasteiger partial charge in [0.05, 0.1) is 12.1 Å². The van der Waals surface area contributed by atoms with Crippen molar-refractivity contribution >= 4 is 11.6 Å². The fraction of sp³-hybridized carbons (Fsp3) is 0.500. The van der Waals surface area contributed by atoms with Crippen molar-refractivity contribution in [1.82, 2.24) is 0 Å². The van der Waals surface area contributed by atoms with Crippen molar-refractivity contribution in [3.63, 3.8) is 0 Å². The third kappa shape index (κ3) is 1.54. The van der Waals surface area contributed by atoms with E-state index >= 15 is 0 Å². The number of hydrogen-bond donors (Lipinski definition) is 0. The van der Waals surface area contributed by atoms with Crippen LogP contribution in [0.3, 0.4) is 0 Å². The molecular weight excluding hydrogens is 148 g/mol. The van der Waals surface area contributed by atoms with Crippen molar-refractivity contribution in [1.29, 1.82) is 0 Å². The molecule has 0 heterocycles. The molecule has 1 aliphatic carbocycles. The lowest BCUT2D eigenvalue weighted by molar-refractivity contribution is 0.299. The van der Waals surface area contributed by atoms with E-state index in [0.29, 0.717) is 5.92 Å². The topological polar surface area (TPSA) is 9.23 Å². The summed E-state index contributed by atoms with van der Waals surface area (Å²) in [5, 5.41) is 0.737. The molecule has 0 N–H and O–H groups in total. The maximum absolute atomic E-state index is 5.85. The molecule has 1 rings (SSSR count). The molecule has 1 atom stereocenters. The maximum Gasteiger partial charge on any atom is 0.133 e. The summed E-state index contributed by atoms with van der Waals surface area (Å²) in [5.41, 5.74) is 0. The Hall–Kier alpha value is -0.430. The predicted molar refractivity (Wildman–Crippen MR) is 42.8 cm³/mol. The second kappa shape index (κ2) is 3.11. The van der Waals surface area contributed by atoms with E-state index < -0.39 is 0 Å². The fourth-order valence-electron chi connectivity index (χ4n) is 0.971. The lowest BCUT2D eigenvalue weighted by Gasteiger charge is -2.13. The van der Waals surface area contributed by atoms with Crippen molar-refractivity contribution in [2.75, 3.05) is 7.11 Å². The summed E-state index contributed by atoms with van der Waals surface area (Å²) in [6.07, 6.45) is 5.06. The Morgan fingerprint density at radius 3 is 2.90 bits per heavy atom. The minimum Gasteiger partial charge on any atom is -0.496 e. The smallest absolute Gasteiger partial charge is 0.133 e. The number of halogens is 1. The third-order valence-electron chi connectivity index (χ3n) is 1.56. The van der Waals surface area contributed by atoms with E-state index in [4.69, 9.17) is 16.3 Å². The Labute approximate surface area is 66.3 Å². The van der Waals surface area contributed by atoms with Crippen LogP contribution >= 0.6 is 11.6 Å². The average molecular weight is 159 g/mol. The number of rotatable bonds is 1.